The minimum Gasteiger partial charge on any atom is -0.295 e. The molecule has 0 saturated carbocycles. The summed E-state index contributed by atoms with van der Waals surface area (Å²) in [6.45, 7) is 3.35. The largest absolute Gasteiger partial charge is 0.295 e. The van der Waals surface area contributed by atoms with E-state index in [4.69, 9.17) is 11.6 Å². The highest BCUT2D eigenvalue weighted by Gasteiger charge is 1.95. The van der Waals surface area contributed by atoms with Crippen molar-refractivity contribution in [3.8, 4) is 0 Å². The Labute approximate surface area is 94.6 Å². The summed E-state index contributed by atoms with van der Waals surface area (Å²) >= 11 is 5.16. The summed E-state index contributed by atoms with van der Waals surface area (Å²) in [6.07, 6.45) is 3.25. The molecule has 0 saturated heterocycles. The van der Waals surface area contributed by atoms with Crippen LogP contribution in [-0.2, 0) is 4.79 Å². The van der Waals surface area contributed by atoms with Crippen LogP contribution in [-0.4, -0.2) is 11.0 Å². The van der Waals surface area contributed by atoms with Crippen LogP contribution in [0.3, 0.4) is 0 Å². The van der Waals surface area contributed by atoms with E-state index in [0.29, 0.717) is 5.56 Å². The number of carbonyl (C=O) groups is 2. The number of allylic oxidation sites excluding steroid dienone is 2. The molecular weight excluding hydrogens is 212 g/mol. The number of hydrogen-bond acceptors (Lipinski definition) is 2. The number of benzene rings is 1. The molecule has 0 atom stereocenters. The van der Waals surface area contributed by atoms with Gasteiger partial charge in [0, 0.05) is 5.56 Å². The summed E-state index contributed by atoms with van der Waals surface area (Å²) in [5.41, 5.74) is 0.541. The number of halogens is 1. The maximum absolute atomic E-state index is 10.4. The SMILES string of the molecule is C/C=C/C(C)=O.O=C(Cl)c1ccccc1. The van der Waals surface area contributed by atoms with Gasteiger partial charge in [-0.15, -0.1) is 0 Å². The Kier molecular flexibility index (Phi) is 7.20. The van der Waals surface area contributed by atoms with Crippen molar-refractivity contribution >= 4 is 22.6 Å². The van der Waals surface area contributed by atoms with Crippen LogP contribution in [0, 0.1) is 0 Å². The Bertz CT molecular complexity index is 342. The molecule has 3 heteroatoms. The van der Waals surface area contributed by atoms with Crippen molar-refractivity contribution in [1.29, 1.82) is 0 Å². The molecule has 0 radical (unpaired) electrons. The van der Waals surface area contributed by atoms with E-state index in [1.165, 1.54) is 13.0 Å². The number of ketones is 1. The van der Waals surface area contributed by atoms with E-state index in [9.17, 15) is 9.59 Å². The van der Waals surface area contributed by atoms with Gasteiger partial charge in [-0.1, -0.05) is 36.4 Å². The minimum atomic E-state index is -0.407. The fraction of sp³-hybridized carbons (Fsp3) is 0.167. The normalized spacial score (nSPS) is 9.27. The molecular formula is C12H13ClO2. The van der Waals surface area contributed by atoms with Crippen molar-refractivity contribution in [3.05, 3.63) is 48.0 Å². The summed E-state index contributed by atoms with van der Waals surface area (Å²) in [4.78, 5) is 20.4. The average molecular weight is 225 g/mol. The molecule has 0 aromatic heterocycles. The average Bonchev–Trinajstić information content (AvgIpc) is 2.20. The van der Waals surface area contributed by atoms with Crippen molar-refractivity contribution in [3.63, 3.8) is 0 Å². The first-order valence-electron chi connectivity index (χ1n) is 4.46. The van der Waals surface area contributed by atoms with Crippen LogP contribution in [0.5, 0.6) is 0 Å². The van der Waals surface area contributed by atoms with Crippen LogP contribution in [0.2, 0.25) is 0 Å². The zero-order valence-corrected chi connectivity index (χ0v) is 9.49. The second-order valence-corrected chi connectivity index (χ2v) is 3.09. The molecule has 1 rings (SSSR count). The summed E-state index contributed by atoms with van der Waals surface area (Å²) in [6, 6.07) is 8.74. The molecule has 0 fully saturated rings. The lowest BCUT2D eigenvalue weighted by molar-refractivity contribution is -0.112. The Morgan fingerprint density at radius 2 is 1.73 bits per heavy atom. The Morgan fingerprint density at radius 3 is 1.93 bits per heavy atom. The van der Waals surface area contributed by atoms with Gasteiger partial charge in [0.25, 0.3) is 5.24 Å². The summed E-state index contributed by atoms with van der Waals surface area (Å²) in [5.74, 6) is 0.109. The second-order valence-electron chi connectivity index (χ2n) is 2.75. The van der Waals surface area contributed by atoms with Gasteiger partial charge in [0.1, 0.15) is 0 Å². The molecule has 0 amide bonds. The lowest BCUT2D eigenvalue weighted by Crippen LogP contribution is -1.84. The third kappa shape index (κ3) is 7.65. The van der Waals surface area contributed by atoms with Gasteiger partial charge in [-0.05, 0) is 31.5 Å². The zero-order valence-electron chi connectivity index (χ0n) is 8.74. The number of carbonyl (C=O) groups excluding carboxylic acids is 2. The van der Waals surface area contributed by atoms with E-state index in [2.05, 4.69) is 0 Å². The molecule has 0 N–H and O–H groups in total. The number of rotatable bonds is 2. The lowest BCUT2D eigenvalue weighted by Gasteiger charge is -1.87. The van der Waals surface area contributed by atoms with E-state index >= 15 is 0 Å². The first-order valence-corrected chi connectivity index (χ1v) is 4.84. The quantitative estimate of drug-likeness (QED) is 0.571. The van der Waals surface area contributed by atoms with Crippen LogP contribution < -0.4 is 0 Å². The van der Waals surface area contributed by atoms with Crippen molar-refractivity contribution < 1.29 is 9.59 Å². The van der Waals surface area contributed by atoms with Gasteiger partial charge >= 0.3 is 0 Å². The van der Waals surface area contributed by atoms with Gasteiger partial charge in [-0.2, -0.15) is 0 Å². The predicted octanol–water partition coefficient (Wildman–Crippen LogP) is 3.22. The molecule has 80 valence electrons. The molecule has 0 aliphatic rings. The molecule has 2 nitrogen and oxygen atoms in total. The van der Waals surface area contributed by atoms with Crippen molar-refractivity contribution in [1.82, 2.24) is 0 Å². The van der Waals surface area contributed by atoms with Crippen molar-refractivity contribution in [2.75, 3.05) is 0 Å². The highest BCUT2D eigenvalue weighted by Crippen LogP contribution is 2.01. The topological polar surface area (TPSA) is 34.1 Å². The maximum Gasteiger partial charge on any atom is 0.252 e. The van der Waals surface area contributed by atoms with Crippen molar-refractivity contribution in [2.24, 2.45) is 0 Å². The first kappa shape index (κ1) is 13.6. The maximum atomic E-state index is 10.4. The third-order valence-corrected chi connectivity index (χ3v) is 1.62. The highest BCUT2D eigenvalue weighted by atomic mass is 35.5. The van der Waals surface area contributed by atoms with Crippen LogP contribution in [0.25, 0.3) is 0 Å². The zero-order chi connectivity index (χ0) is 11.7. The molecule has 1 aromatic rings. The molecule has 0 heterocycles. The molecule has 15 heavy (non-hydrogen) atoms. The molecule has 1 aromatic carbocycles. The lowest BCUT2D eigenvalue weighted by atomic mass is 10.2. The monoisotopic (exact) mass is 224 g/mol. The molecule has 0 spiro atoms. The van der Waals surface area contributed by atoms with Gasteiger partial charge in [0.05, 0.1) is 0 Å². The molecule has 0 unspecified atom stereocenters. The van der Waals surface area contributed by atoms with E-state index < -0.39 is 5.24 Å². The first-order chi connectivity index (χ1) is 7.07. The van der Waals surface area contributed by atoms with Crippen LogP contribution >= 0.6 is 11.6 Å². The van der Waals surface area contributed by atoms with E-state index in [-0.39, 0.29) is 5.78 Å². The Balaban J connectivity index is 0.000000288. The van der Waals surface area contributed by atoms with Gasteiger partial charge in [-0.25, -0.2) is 0 Å². The molecule has 0 bridgehead atoms. The minimum absolute atomic E-state index is 0.109. The Hall–Kier alpha value is -1.41. The van der Waals surface area contributed by atoms with Gasteiger partial charge in [0.15, 0.2) is 5.78 Å². The van der Waals surface area contributed by atoms with Crippen LogP contribution in [0.4, 0.5) is 0 Å². The highest BCUT2D eigenvalue weighted by molar-refractivity contribution is 6.67. The van der Waals surface area contributed by atoms with Crippen LogP contribution in [0.1, 0.15) is 24.2 Å². The van der Waals surface area contributed by atoms with E-state index in [1.807, 2.05) is 13.0 Å². The number of hydrogen-bond donors (Lipinski definition) is 0. The van der Waals surface area contributed by atoms with Crippen molar-refractivity contribution in [2.45, 2.75) is 13.8 Å². The van der Waals surface area contributed by atoms with Crippen LogP contribution in [0.15, 0.2) is 42.5 Å². The van der Waals surface area contributed by atoms with Gasteiger partial charge < -0.3 is 0 Å². The fourth-order valence-corrected chi connectivity index (χ4v) is 0.930. The standard InChI is InChI=1S/C7H5ClO.C5H8O/c8-7(9)6-4-2-1-3-5-6;1-3-4-5(2)6/h1-5H;3-4H,1-2H3/b;4-3+. The fourth-order valence-electron chi connectivity index (χ4n) is 0.804. The summed E-state index contributed by atoms with van der Waals surface area (Å²) in [7, 11) is 0. The molecule has 0 aliphatic carbocycles. The van der Waals surface area contributed by atoms with Gasteiger partial charge in [-0.3, -0.25) is 9.59 Å². The Morgan fingerprint density at radius 1 is 1.20 bits per heavy atom. The second kappa shape index (κ2) is 7.94. The van der Waals surface area contributed by atoms with Gasteiger partial charge in [0.2, 0.25) is 0 Å². The van der Waals surface area contributed by atoms with E-state index in [1.54, 1.807) is 30.3 Å². The molecule has 0 aliphatic heterocycles. The predicted molar refractivity (Wildman–Crippen MR) is 62.1 cm³/mol. The summed E-state index contributed by atoms with van der Waals surface area (Å²) in [5, 5.41) is -0.407. The van der Waals surface area contributed by atoms with E-state index in [0.717, 1.165) is 0 Å². The third-order valence-electron chi connectivity index (χ3n) is 1.40. The smallest absolute Gasteiger partial charge is 0.252 e. The summed E-state index contributed by atoms with van der Waals surface area (Å²) < 4.78 is 0.